The molecule has 0 unspecified atom stereocenters. The SMILES string of the molecule is CSc1ccc2cc(F)ccn12. The molecule has 2 aromatic heterocycles. The summed E-state index contributed by atoms with van der Waals surface area (Å²) in [6.07, 6.45) is 3.75. The number of fused-ring (bicyclic) bond motifs is 1. The number of aromatic nitrogens is 1. The Labute approximate surface area is 74.2 Å². The van der Waals surface area contributed by atoms with Crippen LogP contribution in [0, 0.1) is 5.82 Å². The van der Waals surface area contributed by atoms with Crippen molar-refractivity contribution < 1.29 is 4.39 Å². The second kappa shape index (κ2) is 2.83. The van der Waals surface area contributed by atoms with Gasteiger partial charge < -0.3 is 4.40 Å². The lowest BCUT2D eigenvalue weighted by Gasteiger charge is -1.98. The van der Waals surface area contributed by atoms with Crippen molar-refractivity contribution in [3.8, 4) is 0 Å². The third-order valence-electron chi connectivity index (χ3n) is 1.79. The van der Waals surface area contributed by atoms with E-state index in [-0.39, 0.29) is 5.82 Å². The molecule has 0 aliphatic carbocycles. The zero-order valence-electron chi connectivity index (χ0n) is 6.62. The highest BCUT2D eigenvalue weighted by atomic mass is 32.2. The molecule has 3 heteroatoms. The van der Waals surface area contributed by atoms with Gasteiger partial charge in [-0.3, -0.25) is 0 Å². The number of hydrogen-bond acceptors (Lipinski definition) is 1. The quantitative estimate of drug-likeness (QED) is 0.612. The summed E-state index contributed by atoms with van der Waals surface area (Å²) in [6.45, 7) is 0. The van der Waals surface area contributed by atoms with Crippen molar-refractivity contribution in [1.29, 1.82) is 0 Å². The molecule has 2 aromatic rings. The summed E-state index contributed by atoms with van der Waals surface area (Å²) >= 11 is 1.65. The van der Waals surface area contributed by atoms with Gasteiger partial charge in [-0.1, -0.05) is 0 Å². The molecular formula is C9H8FNS. The molecule has 0 atom stereocenters. The van der Waals surface area contributed by atoms with E-state index in [1.165, 1.54) is 12.1 Å². The normalized spacial score (nSPS) is 10.8. The van der Waals surface area contributed by atoms with Gasteiger partial charge in [0.25, 0.3) is 0 Å². The first-order valence-electron chi connectivity index (χ1n) is 3.62. The van der Waals surface area contributed by atoms with Crippen molar-refractivity contribution in [3.05, 3.63) is 36.3 Å². The molecule has 0 fully saturated rings. The van der Waals surface area contributed by atoms with Crippen molar-refractivity contribution in [2.45, 2.75) is 5.03 Å². The number of rotatable bonds is 1. The molecule has 1 nitrogen and oxygen atoms in total. The van der Waals surface area contributed by atoms with Gasteiger partial charge in [0.15, 0.2) is 0 Å². The fraction of sp³-hybridized carbons (Fsp3) is 0.111. The lowest BCUT2D eigenvalue weighted by Crippen LogP contribution is -1.85. The van der Waals surface area contributed by atoms with Crippen molar-refractivity contribution in [1.82, 2.24) is 4.40 Å². The second-order valence-electron chi connectivity index (χ2n) is 2.52. The molecule has 0 aliphatic rings. The van der Waals surface area contributed by atoms with E-state index in [0.717, 1.165) is 10.5 Å². The lowest BCUT2D eigenvalue weighted by atomic mass is 10.4. The van der Waals surface area contributed by atoms with Crippen molar-refractivity contribution in [3.63, 3.8) is 0 Å². The first kappa shape index (κ1) is 7.68. The Balaban J connectivity index is 2.73. The molecule has 0 amide bonds. The summed E-state index contributed by atoms with van der Waals surface area (Å²) in [7, 11) is 0. The predicted octanol–water partition coefficient (Wildman–Crippen LogP) is 2.80. The molecule has 0 saturated carbocycles. The van der Waals surface area contributed by atoms with Crippen molar-refractivity contribution >= 4 is 17.3 Å². The third kappa shape index (κ3) is 1.10. The highest BCUT2D eigenvalue weighted by Crippen LogP contribution is 2.19. The lowest BCUT2D eigenvalue weighted by molar-refractivity contribution is 0.626. The average Bonchev–Trinajstić information content (AvgIpc) is 2.46. The number of thioether (sulfide) groups is 1. The fourth-order valence-electron chi connectivity index (χ4n) is 1.22. The van der Waals surface area contributed by atoms with Crippen LogP contribution >= 0.6 is 11.8 Å². The van der Waals surface area contributed by atoms with Gasteiger partial charge in [0, 0.05) is 11.7 Å². The van der Waals surface area contributed by atoms with E-state index in [1.807, 2.05) is 22.8 Å². The monoisotopic (exact) mass is 181 g/mol. The van der Waals surface area contributed by atoms with Gasteiger partial charge in [0.2, 0.25) is 0 Å². The zero-order chi connectivity index (χ0) is 8.55. The summed E-state index contributed by atoms with van der Waals surface area (Å²) < 4.78 is 14.7. The van der Waals surface area contributed by atoms with Crippen LogP contribution in [0.4, 0.5) is 4.39 Å². The predicted molar refractivity (Wildman–Crippen MR) is 49.1 cm³/mol. The Morgan fingerprint density at radius 3 is 2.92 bits per heavy atom. The molecular weight excluding hydrogens is 173 g/mol. The van der Waals surface area contributed by atoms with Crippen LogP contribution in [0.1, 0.15) is 0 Å². The number of nitrogens with zero attached hydrogens (tertiary/aromatic N) is 1. The highest BCUT2D eigenvalue weighted by Gasteiger charge is 1.99. The van der Waals surface area contributed by atoms with Gasteiger partial charge in [-0.2, -0.15) is 0 Å². The molecule has 0 bridgehead atoms. The molecule has 62 valence electrons. The second-order valence-corrected chi connectivity index (χ2v) is 3.34. The Hall–Kier alpha value is -0.960. The molecule has 0 saturated heterocycles. The first-order valence-corrected chi connectivity index (χ1v) is 4.84. The maximum absolute atomic E-state index is 12.7. The first-order chi connectivity index (χ1) is 5.81. The number of halogens is 1. The average molecular weight is 181 g/mol. The number of pyridine rings is 1. The van der Waals surface area contributed by atoms with E-state index >= 15 is 0 Å². The fourth-order valence-corrected chi connectivity index (χ4v) is 1.79. The maximum atomic E-state index is 12.7. The summed E-state index contributed by atoms with van der Waals surface area (Å²) in [5, 5.41) is 1.13. The van der Waals surface area contributed by atoms with E-state index in [2.05, 4.69) is 0 Å². The van der Waals surface area contributed by atoms with Crippen molar-refractivity contribution in [2.24, 2.45) is 0 Å². The number of hydrogen-bond donors (Lipinski definition) is 0. The summed E-state index contributed by atoms with van der Waals surface area (Å²) in [6, 6.07) is 6.89. The topological polar surface area (TPSA) is 4.41 Å². The van der Waals surface area contributed by atoms with E-state index in [0.29, 0.717) is 0 Å². The van der Waals surface area contributed by atoms with Gasteiger partial charge in [-0.25, -0.2) is 4.39 Å². The van der Waals surface area contributed by atoms with Crippen LogP contribution in [0.15, 0.2) is 35.5 Å². The van der Waals surface area contributed by atoms with Gasteiger partial charge in [-0.15, -0.1) is 11.8 Å². The van der Waals surface area contributed by atoms with Crippen LogP contribution in [0.2, 0.25) is 0 Å². The minimum Gasteiger partial charge on any atom is -0.311 e. The van der Waals surface area contributed by atoms with Crippen LogP contribution in [-0.4, -0.2) is 10.7 Å². The van der Waals surface area contributed by atoms with E-state index in [1.54, 1.807) is 18.0 Å². The largest absolute Gasteiger partial charge is 0.311 e. The van der Waals surface area contributed by atoms with Crippen LogP contribution in [0.25, 0.3) is 5.52 Å². The molecule has 2 rings (SSSR count). The Bertz CT molecular complexity index is 408. The minimum atomic E-state index is -0.187. The van der Waals surface area contributed by atoms with Gasteiger partial charge in [-0.05, 0) is 30.5 Å². The highest BCUT2D eigenvalue weighted by molar-refractivity contribution is 7.98. The molecule has 0 radical (unpaired) electrons. The summed E-state index contributed by atoms with van der Waals surface area (Å²) in [4.78, 5) is 0. The van der Waals surface area contributed by atoms with E-state index < -0.39 is 0 Å². The smallest absolute Gasteiger partial charge is 0.126 e. The van der Waals surface area contributed by atoms with Gasteiger partial charge in [0.05, 0.1) is 5.03 Å². The summed E-state index contributed by atoms with van der Waals surface area (Å²) in [5.41, 5.74) is 0.902. The van der Waals surface area contributed by atoms with Crippen LogP contribution in [0.3, 0.4) is 0 Å². The third-order valence-corrected chi connectivity index (χ3v) is 2.54. The van der Waals surface area contributed by atoms with E-state index in [9.17, 15) is 4.39 Å². The molecule has 12 heavy (non-hydrogen) atoms. The molecule has 0 spiro atoms. The van der Waals surface area contributed by atoms with Crippen LogP contribution < -0.4 is 0 Å². The van der Waals surface area contributed by atoms with Gasteiger partial charge in [0.1, 0.15) is 5.82 Å². The molecule has 0 N–H and O–H groups in total. The molecule has 2 heterocycles. The maximum Gasteiger partial charge on any atom is 0.126 e. The Morgan fingerprint density at radius 2 is 2.17 bits per heavy atom. The minimum absolute atomic E-state index is 0.187. The van der Waals surface area contributed by atoms with Crippen LogP contribution in [-0.2, 0) is 0 Å². The summed E-state index contributed by atoms with van der Waals surface area (Å²) in [5.74, 6) is -0.187. The zero-order valence-corrected chi connectivity index (χ0v) is 7.44. The molecule has 0 aromatic carbocycles. The standard InChI is InChI=1S/C9H8FNS/c1-12-9-3-2-8-6-7(10)4-5-11(8)9/h2-6H,1H3. The van der Waals surface area contributed by atoms with Gasteiger partial charge >= 0.3 is 0 Å². The Kier molecular flexibility index (Phi) is 1.81. The van der Waals surface area contributed by atoms with Crippen molar-refractivity contribution in [2.75, 3.05) is 6.26 Å². The van der Waals surface area contributed by atoms with Crippen LogP contribution in [0.5, 0.6) is 0 Å². The Morgan fingerprint density at radius 1 is 1.33 bits per heavy atom. The van der Waals surface area contributed by atoms with E-state index in [4.69, 9.17) is 0 Å². The molecule has 0 aliphatic heterocycles.